The SMILES string of the molecule is N#CC[C@@H](N)c1cccnc1F. The molecule has 0 saturated heterocycles. The fraction of sp³-hybridized carbons (Fsp3) is 0.250. The minimum Gasteiger partial charge on any atom is -0.323 e. The zero-order valence-electron chi connectivity index (χ0n) is 6.37. The molecule has 0 aromatic carbocycles. The zero-order chi connectivity index (χ0) is 8.97. The summed E-state index contributed by atoms with van der Waals surface area (Å²) >= 11 is 0. The van der Waals surface area contributed by atoms with Crippen LogP contribution in [0.1, 0.15) is 18.0 Å². The summed E-state index contributed by atoms with van der Waals surface area (Å²) in [6, 6.07) is 4.42. The molecule has 62 valence electrons. The van der Waals surface area contributed by atoms with Gasteiger partial charge in [0.2, 0.25) is 5.95 Å². The first-order chi connectivity index (χ1) is 5.75. The Bertz CT molecular complexity index is 305. The maximum atomic E-state index is 12.9. The van der Waals surface area contributed by atoms with Crippen molar-refractivity contribution in [3.63, 3.8) is 0 Å². The number of rotatable bonds is 2. The largest absolute Gasteiger partial charge is 0.323 e. The lowest BCUT2D eigenvalue weighted by atomic mass is 10.1. The van der Waals surface area contributed by atoms with Crippen LogP contribution in [-0.4, -0.2) is 4.98 Å². The molecule has 0 aliphatic carbocycles. The topological polar surface area (TPSA) is 62.7 Å². The van der Waals surface area contributed by atoms with Crippen LogP contribution in [0.4, 0.5) is 4.39 Å². The molecule has 1 aromatic rings. The van der Waals surface area contributed by atoms with E-state index in [0.717, 1.165) is 0 Å². The lowest BCUT2D eigenvalue weighted by Gasteiger charge is -2.06. The standard InChI is InChI=1S/C8H8FN3/c9-8-6(2-1-5-12-8)7(11)3-4-10/h1-2,5,7H,3,11H2/t7-/m1/s1. The molecule has 1 heterocycles. The van der Waals surface area contributed by atoms with Crippen LogP contribution in [0, 0.1) is 17.3 Å². The van der Waals surface area contributed by atoms with Gasteiger partial charge in [0.1, 0.15) is 0 Å². The third kappa shape index (κ3) is 1.77. The third-order valence-corrected chi connectivity index (χ3v) is 1.50. The summed E-state index contributed by atoms with van der Waals surface area (Å²) in [5, 5.41) is 8.32. The molecule has 0 spiro atoms. The number of nitriles is 1. The summed E-state index contributed by atoms with van der Waals surface area (Å²) < 4.78 is 12.9. The fourth-order valence-electron chi connectivity index (χ4n) is 0.883. The van der Waals surface area contributed by atoms with Gasteiger partial charge in [-0.25, -0.2) is 4.98 Å². The van der Waals surface area contributed by atoms with Gasteiger partial charge in [0.15, 0.2) is 0 Å². The van der Waals surface area contributed by atoms with Gasteiger partial charge >= 0.3 is 0 Å². The van der Waals surface area contributed by atoms with Gasteiger partial charge in [-0.05, 0) is 6.07 Å². The Morgan fingerprint density at radius 3 is 3.08 bits per heavy atom. The average molecular weight is 165 g/mol. The Morgan fingerprint density at radius 1 is 1.75 bits per heavy atom. The van der Waals surface area contributed by atoms with Gasteiger partial charge in [-0.1, -0.05) is 6.07 Å². The molecule has 0 saturated carbocycles. The van der Waals surface area contributed by atoms with E-state index in [1.54, 1.807) is 6.07 Å². The molecule has 4 heteroatoms. The van der Waals surface area contributed by atoms with Crippen LogP contribution in [0.3, 0.4) is 0 Å². The van der Waals surface area contributed by atoms with Gasteiger partial charge in [-0.2, -0.15) is 9.65 Å². The van der Waals surface area contributed by atoms with Gasteiger partial charge < -0.3 is 5.73 Å². The van der Waals surface area contributed by atoms with Gasteiger partial charge in [0, 0.05) is 17.8 Å². The van der Waals surface area contributed by atoms with Crippen LogP contribution in [0.15, 0.2) is 18.3 Å². The number of halogens is 1. The second-order valence-electron chi connectivity index (χ2n) is 2.35. The normalized spacial score (nSPS) is 12.1. The predicted molar refractivity (Wildman–Crippen MR) is 41.4 cm³/mol. The van der Waals surface area contributed by atoms with Gasteiger partial charge in [0.25, 0.3) is 0 Å². The molecule has 0 amide bonds. The molecule has 0 aliphatic rings. The summed E-state index contributed by atoms with van der Waals surface area (Å²) in [5.41, 5.74) is 5.79. The van der Waals surface area contributed by atoms with Crippen molar-refractivity contribution in [2.45, 2.75) is 12.5 Å². The van der Waals surface area contributed by atoms with Crippen molar-refractivity contribution in [2.24, 2.45) is 5.73 Å². The minimum absolute atomic E-state index is 0.0998. The quantitative estimate of drug-likeness (QED) is 0.668. The van der Waals surface area contributed by atoms with Crippen molar-refractivity contribution in [2.75, 3.05) is 0 Å². The van der Waals surface area contributed by atoms with E-state index in [4.69, 9.17) is 11.0 Å². The van der Waals surface area contributed by atoms with E-state index in [9.17, 15) is 4.39 Å². The highest BCUT2D eigenvalue weighted by atomic mass is 19.1. The zero-order valence-corrected chi connectivity index (χ0v) is 6.37. The van der Waals surface area contributed by atoms with E-state index >= 15 is 0 Å². The molecule has 1 atom stereocenters. The van der Waals surface area contributed by atoms with Crippen LogP contribution in [0.5, 0.6) is 0 Å². The van der Waals surface area contributed by atoms with Crippen LogP contribution < -0.4 is 5.73 Å². The van der Waals surface area contributed by atoms with Crippen molar-refractivity contribution < 1.29 is 4.39 Å². The second-order valence-corrected chi connectivity index (χ2v) is 2.35. The number of pyridine rings is 1. The Labute approximate surface area is 69.6 Å². The smallest absolute Gasteiger partial charge is 0.217 e. The van der Waals surface area contributed by atoms with Crippen molar-refractivity contribution in [3.8, 4) is 6.07 Å². The highest BCUT2D eigenvalue weighted by Crippen LogP contribution is 2.14. The Balaban J connectivity index is 2.88. The fourth-order valence-corrected chi connectivity index (χ4v) is 0.883. The molecule has 0 aliphatic heterocycles. The van der Waals surface area contributed by atoms with E-state index in [-0.39, 0.29) is 6.42 Å². The van der Waals surface area contributed by atoms with Gasteiger partial charge in [0.05, 0.1) is 12.5 Å². The molecular weight excluding hydrogens is 157 g/mol. The van der Waals surface area contributed by atoms with Crippen LogP contribution in [-0.2, 0) is 0 Å². The summed E-state index contributed by atoms with van der Waals surface area (Å²) in [7, 11) is 0. The summed E-state index contributed by atoms with van der Waals surface area (Å²) in [4.78, 5) is 3.43. The summed E-state index contributed by atoms with van der Waals surface area (Å²) in [6.45, 7) is 0. The molecule has 1 rings (SSSR count). The highest BCUT2D eigenvalue weighted by Gasteiger charge is 2.10. The lowest BCUT2D eigenvalue weighted by molar-refractivity contribution is 0.546. The van der Waals surface area contributed by atoms with Crippen LogP contribution in [0.25, 0.3) is 0 Å². The van der Waals surface area contributed by atoms with Crippen LogP contribution >= 0.6 is 0 Å². The summed E-state index contributed by atoms with van der Waals surface area (Å²) in [5.74, 6) is -0.597. The maximum Gasteiger partial charge on any atom is 0.217 e. The Kier molecular flexibility index (Phi) is 2.72. The van der Waals surface area contributed by atoms with Gasteiger partial charge in [-0.15, -0.1) is 0 Å². The Morgan fingerprint density at radius 2 is 2.50 bits per heavy atom. The molecule has 0 bridgehead atoms. The van der Waals surface area contributed by atoms with E-state index in [2.05, 4.69) is 4.98 Å². The summed E-state index contributed by atoms with van der Waals surface area (Å²) in [6.07, 6.45) is 1.44. The molecule has 1 aromatic heterocycles. The number of nitrogens with zero attached hydrogens (tertiary/aromatic N) is 2. The molecule has 12 heavy (non-hydrogen) atoms. The molecular formula is C8H8FN3. The third-order valence-electron chi connectivity index (χ3n) is 1.50. The second kappa shape index (κ2) is 3.79. The van der Waals surface area contributed by atoms with E-state index in [1.807, 2.05) is 6.07 Å². The molecule has 3 nitrogen and oxygen atoms in total. The van der Waals surface area contributed by atoms with Crippen LogP contribution in [0.2, 0.25) is 0 Å². The molecule has 0 radical (unpaired) electrons. The molecule has 0 unspecified atom stereocenters. The molecule has 2 N–H and O–H groups in total. The minimum atomic E-state index is -0.597. The Hall–Kier alpha value is -1.47. The van der Waals surface area contributed by atoms with E-state index < -0.39 is 12.0 Å². The van der Waals surface area contributed by atoms with Gasteiger partial charge in [-0.3, -0.25) is 0 Å². The first-order valence-corrected chi connectivity index (χ1v) is 3.48. The first-order valence-electron chi connectivity index (χ1n) is 3.48. The number of hydrogen-bond donors (Lipinski definition) is 1. The first kappa shape index (κ1) is 8.62. The van der Waals surface area contributed by atoms with E-state index in [1.165, 1.54) is 12.3 Å². The number of aromatic nitrogens is 1. The number of hydrogen-bond acceptors (Lipinski definition) is 3. The average Bonchev–Trinajstić information content (AvgIpc) is 2.05. The van der Waals surface area contributed by atoms with Crippen molar-refractivity contribution in [3.05, 3.63) is 29.8 Å². The van der Waals surface area contributed by atoms with Crippen molar-refractivity contribution in [1.82, 2.24) is 4.98 Å². The van der Waals surface area contributed by atoms with Crippen molar-refractivity contribution in [1.29, 1.82) is 5.26 Å². The predicted octanol–water partition coefficient (Wildman–Crippen LogP) is 1.13. The maximum absolute atomic E-state index is 12.9. The van der Waals surface area contributed by atoms with Crippen molar-refractivity contribution >= 4 is 0 Å². The molecule has 0 fully saturated rings. The lowest BCUT2D eigenvalue weighted by Crippen LogP contribution is -2.11. The number of nitrogens with two attached hydrogens (primary N) is 1. The highest BCUT2D eigenvalue weighted by molar-refractivity contribution is 5.16. The van der Waals surface area contributed by atoms with E-state index in [0.29, 0.717) is 5.56 Å². The monoisotopic (exact) mass is 165 g/mol.